The summed E-state index contributed by atoms with van der Waals surface area (Å²) in [6, 6.07) is 1.70. The molecule has 0 saturated carbocycles. The zero-order valence-corrected chi connectivity index (χ0v) is 11.3. The molecule has 0 amide bonds. The normalized spacial score (nSPS) is 10.2. The van der Waals surface area contributed by atoms with E-state index in [1.807, 2.05) is 0 Å². The molecule has 0 aromatic carbocycles. The molecular formula is C13H21N3O2. The summed E-state index contributed by atoms with van der Waals surface area (Å²) in [5, 5.41) is 0. The van der Waals surface area contributed by atoms with Crippen LogP contribution in [0.15, 0.2) is 12.3 Å². The largest absolute Gasteiger partial charge is 0.462 e. The zero-order valence-electron chi connectivity index (χ0n) is 11.3. The fraction of sp³-hybridized carbons (Fsp3) is 0.538. The van der Waals surface area contributed by atoms with Crippen LogP contribution in [0.2, 0.25) is 0 Å². The molecule has 1 aromatic heterocycles. The minimum Gasteiger partial charge on any atom is -0.462 e. The molecule has 2 N–H and O–H groups in total. The van der Waals surface area contributed by atoms with Crippen molar-refractivity contribution in [3.63, 3.8) is 0 Å². The molecule has 0 aliphatic carbocycles. The van der Waals surface area contributed by atoms with Gasteiger partial charge in [0.05, 0.1) is 24.1 Å². The van der Waals surface area contributed by atoms with Crippen molar-refractivity contribution in [1.82, 2.24) is 4.98 Å². The average Bonchev–Trinajstić information content (AvgIpc) is 2.37. The Morgan fingerprint density at radius 3 is 2.72 bits per heavy atom. The van der Waals surface area contributed by atoms with E-state index in [4.69, 9.17) is 10.5 Å². The van der Waals surface area contributed by atoms with Crippen LogP contribution in [0.1, 0.15) is 37.6 Å². The van der Waals surface area contributed by atoms with Crippen molar-refractivity contribution in [1.29, 1.82) is 0 Å². The van der Waals surface area contributed by atoms with Gasteiger partial charge >= 0.3 is 5.97 Å². The first-order valence-corrected chi connectivity index (χ1v) is 6.31. The van der Waals surface area contributed by atoms with Crippen molar-refractivity contribution in [2.45, 2.75) is 27.2 Å². The predicted molar refractivity (Wildman–Crippen MR) is 72.8 cm³/mol. The lowest BCUT2D eigenvalue weighted by Gasteiger charge is -2.21. The maximum absolute atomic E-state index is 11.7. The Kier molecular flexibility index (Phi) is 5.42. The van der Waals surface area contributed by atoms with Gasteiger partial charge < -0.3 is 15.4 Å². The summed E-state index contributed by atoms with van der Waals surface area (Å²) in [5.74, 6) is 0.364. The van der Waals surface area contributed by atoms with E-state index >= 15 is 0 Å². The van der Waals surface area contributed by atoms with E-state index in [9.17, 15) is 4.79 Å². The monoisotopic (exact) mass is 251 g/mol. The van der Waals surface area contributed by atoms with Gasteiger partial charge in [-0.25, -0.2) is 9.78 Å². The molecule has 1 rings (SSSR count). The summed E-state index contributed by atoms with van der Waals surface area (Å²) in [7, 11) is 0. The van der Waals surface area contributed by atoms with Crippen molar-refractivity contribution < 1.29 is 9.53 Å². The maximum Gasteiger partial charge on any atom is 0.340 e. The van der Waals surface area contributed by atoms with Crippen LogP contribution in [-0.4, -0.2) is 30.6 Å². The number of nitrogen functional groups attached to an aromatic ring is 1. The second-order valence-corrected chi connectivity index (χ2v) is 3.93. The van der Waals surface area contributed by atoms with Crippen LogP contribution in [-0.2, 0) is 4.74 Å². The third-order valence-corrected chi connectivity index (χ3v) is 2.61. The Bertz CT molecular complexity index is 407. The number of carbonyl (C=O) groups excluding carboxylic acids is 1. The van der Waals surface area contributed by atoms with Crippen LogP contribution in [0.5, 0.6) is 0 Å². The maximum atomic E-state index is 11.7. The van der Waals surface area contributed by atoms with Crippen LogP contribution in [0, 0.1) is 0 Å². The molecule has 100 valence electrons. The van der Waals surface area contributed by atoms with Crippen LogP contribution in [0.25, 0.3) is 0 Å². The SMILES string of the molecule is CCCN(CC)c1cc(C(=O)OCC)c(N)cn1. The Morgan fingerprint density at radius 1 is 1.44 bits per heavy atom. The predicted octanol–water partition coefficient (Wildman–Crippen LogP) is 2.08. The molecule has 0 spiro atoms. The molecular weight excluding hydrogens is 230 g/mol. The minimum absolute atomic E-state index is 0.336. The van der Waals surface area contributed by atoms with Gasteiger partial charge in [-0.15, -0.1) is 0 Å². The number of ether oxygens (including phenoxy) is 1. The summed E-state index contributed by atoms with van der Waals surface area (Å²) < 4.78 is 4.97. The van der Waals surface area contributed by atoms with Crippen LogP contribution in [0.3, 0.4) is 0 Å². The topological polar surface area (TPSA) is 68.5 Å². The third-order valence-electron chi connectivity index (χ3n) is 2.61. The first-order valence-electron chi connectivity index (χ1n) is 6.31. The van der Waals surface area contributed by atoms with Crippen molar-refractivity contribution >= 4 is 17.5 Å². The lowest BCUT2D eigenvalue weighted by atomic mass is 10.2. The van der Waals surface area contributed by atoms with E-state index in [-0.39, 0.29) is 0 Å². The van der Waals surface area contributed by atoms with Crippen molar-refractivity contribution in [3.8, 4) is 0 Å². The van der Waals surface area contributed by atoms with E-state index in [1.165, 1.54) is 6.20 Å². The second-order valence-electron chi connectivity index (χ2n) is 3.93. The van der Waals surface area contributed by atoms with E-state index in [0.29, 0.717) is 17.9 Å². The highest BCUT2D eigenvalue weighted by molar-refractivity contribution is 5.95. The number of nitrogens with two attached hydrogens (primary N) is 1. The number of rotatable bonds is 6. The summed E-state index contributed by atoms with van der Waals surface area (Å²) in [5.41, 5.74) is 6.49. The van der Waals surface area contributed by atoms with Gasteiger partial charge in [0.15, 0.2) is 0 Å². The van der Waals surface area contributed by atoms with Crippen molar-refractivity contribution in [2.75, 3.05) is 30.3 Å². The third kappa shape index (κ3) is 3.35. The van der Waals surface area contributed by atoms with Crippen molar-refractivity contribution in [3.05, 3.63) is 17.8 Å². The van der Waals surface area contributed by atoms with Gasteiger partial charge in [-0.1, -0.05) is 6.92 Å². The van der Waals surface area contributed by atoms with E-state index in [0.717, 1.165) is 25.3 Å². The number of aromatic nitrogens is 1. The molecule has 0 unspecified atom stereocenters. The highest BCUT2D eigenvalue weighted by atomic mass is 16.5. The first-order chi connectivity index (χ1) is 8.63. The molecule has 0 atom stereocenters. The summed E-state index contributed by atoms with van der Waals surface area (Å²) in [4.78, 5) is 18.1. The molecule has 0 fully saturated rings. The number of hydrogen-bond acceptors (Lipinski definition) is 5. The number of nitrogens with zero attached hydrogens (tertiary/aromatic N) is 2. The zero-order chi connectivity index (χ0) is 13.5. The van der Waals surface area contributed by atoms with Gasteiger partial charge in [-0.2, -0.15) is 0 Å². The molecule has 0 aliphatic heterocycles. The van der Waals surface area contributed by atoms with Crippen LogP contribution >= 0.6 is 0 Å². The Hall–Kier alpha value is -1.78. The van der Waals surface area contributed by atoms with E-state index < -0.39 is 5.97 Å². The highest BCUT2D eigenvalue weighted by Gasteiger charge is 2.14. The van der Waals surface area contributed by atoms with Gasteiger partial charge in [0.25, 0.3) is 0 Å². The van der Waals surface area contributed by atoms with Gasteiger partial charge in [0.1, 0.15) is 5.82 Å². The summed E-state index contributed by atoms with van der Waals surface area (Å²) in [6.07, 6.45) is 2.54. The van der Waals surface area contributed by atoms with Gasteiger partial charge in [-0.3, -0.25) is 0 Å². The number of esters is 1. The quantitative estimate of drug-likeness (QED) is 0.784. The summed E-state index contributed by atoms with van der Waals surface area (Å²) in [6.45, 7) is 8.00. The Balaban J connectivity index is 3.02. The van der Waals surface area contributed by atoms with Crippen LogP contribution in [0.4, 0.5) is 11.5 Å². The van der Waals surface area contributed by atoms with E-state index in [2.05, 4.69) is 23.7 Å². The molecule has 0 aliphatic rings. The van der Waals surface area contributed by atoms with Crippen LogP contribution < -0.4 is 10.6 Å². The smallest absolute Gasteiger partial charge is 0.340 e. The number of hydrogen-bond donors (Lipinski definition) is 1. The Labute approximate surface area is 108 Å². The molecule has 18 heavy (non-hydrogen) atoms. The fourth-order valence-electron chi connectivity index (χ4n) is 1.72. The molecule has 0 bridgehead atoms. The number of carbonyl (C=O) groups is 1. The fourth-order valence-corrected chi connectivity index (χ4v) is 1.72. The first kappa shape index (κ1) is 14.3. The summed E-state index contributed by atoms with van der Waals surface area (Å²) >= 11 is 0. The lowest BCUT2D eigenvalue weighted by molar-refractivity contribution is 0.0527. The molecule has 5 nitrogen and oxygen atoms in total. The van der Waals surface area contributed by atoms with Gasteiger partial charge in [0, 0.05) is 13.1 Å². The lowest BCUT2D eigenvalue weighted by Crippen LogP contribution is -2.25. The van der Waals surface area contributed by atoms with Gasteiger partial charge in [-0.05, 0) is 26.3 Å². The molecule has 0 radical (unpaired) electrons. The van der Waals surface area contributed by atoms with Gasteiger partial charge in [0.2, 0.25) is 0 Å². The van der Waals surface area contributed by atoms with E-state index in [1.54, 1.807) is 13.0 Å². The second kappa shape index (κ2) is 6.83. The molecule has 0 saturated heterocycles. The Morgan fingerprint density at radius 2 is 2.17 bits per heavy atom. The highest BCUT2D eigenvalue weighted by Crippen LogP contribution is 2.19. The minimum atomic E-state index is -0.397. The standard InChI is InChI=1S/C13H21N3O2/c1-4-7-16(5-2)12-8-10(11(14)9-15-12)13(17)18-6-3/h8-9H,4-7,14H2,1-3H3. The molecule has 1 heterocycles. The molecule has 1 aromatic rings. The average molecular weight is 251 g/mol. The number of anilines is 2. The number of pyridine rings is 1. The van der Waals surface area contributed by atoms with Crippen molar-refractivity contribution in [2.24, 2.45) is 0 Å². The molecule has 5 heteroatoms.